The Hall–Kier alpha value is -1.85. The van der Waals surface area contributed by atoms with Gasteiger partial charge in [-0.1, -0.05) is 23.7 Å². The van der Waals surface area contributed by atoms with Gasteiger partial charge in [-0.15, -0.1) is 0 Å². The highest BCUT2D eigenvalue weighted by Crippen LogP contribution is 2.14. The van der Waals surface area contributed by atoms with Gasteiger partial charge in [0.25, 0.3) is 5.91 Å². The lowest BCUT2D eigenvalue weighted by Crippen LogP contribution is -2.48. The fourth-order valence-electron chi connectivity index (χ4n) is 2.93. The van der Waals surface area contributed by atoms with Crippen LogP contribution in [-0.2, 0) is 13.6 Å². The maximum Gasteiger partial charge on any atom is 0.272 e. The predicted octanol–water partition coefficient (Wildman–Crippen LogP) is 2.34. The molecule has 0 aliphatic carbocycles. The quantitative estimate of drug-likeness (QED) is 0.866. The fraction of sp³-hybridized carbons (Fsp3) is 0.412. The van der Waals surface area contributed by atoms with Crippen molar-refractivity contribution in [3.63, 3.8) is 0 Å². The first-order chi connectivity index (χ1) is 11.0. The molecule has 1 aliphatic rings. The van der Waals surface area contributed by atoms with E-state index in [4.69, 9.17) is 11.6 Å². The highest BCUT2D eigenvalue weighted by molar-refractivity contribution is 6.30. The summed E-state index contributed by atoms with van der Waals surface area (Å²) in [6, 6.07) is 9.79. The van der Waals surface area contributed by atoms with Crippen molar-refractivity contribution in [2.75, 3.05) is 26.2 Å². The number of hydrogen-bond donors (Lipinski definition) is 0. The molecule has 0 saturated carbocycles. The van der Waals surface area contributed by atoms with Crippen molar-refractivity contribution >= 4 is 17.5 Å². The van der Waals surface area contributed by atoms with Gasteiger partial charge in [0.05, 0.1) is 5.69 Å². The van der Waals surface area contributed by atoms with Crippen LogP contribution in [0.3, 0.4) is 0 Å². The molecule has 1 aromatic carbocycles. The van der Waals surface area contributed by atoms with Crippen molar-refractivity contribution in [3.8, 4) is 0 Å². The third-order valence-corrected chi connectivity index (χ3v) is 4.45. The summed E-state index contributed by atoms with van der Waals surface area (Å²) in [5.41, 5.74) is 2.78. The van der Waals surface area contributed by atoms with Crippen LogP contribution in [-0.4, -0.2) is 51.7 Å². The molecule has 122 valence electrons. The summed E-state index contributed by atoms with van der Waals surface area (Å²) in [6.45, 7) is 6.05. The van der Waals surface area contributed by atoms with Crippen LogP contribution in [0.15, 0.2) is 30.3 Å². The molecule has 5 nitrogen and oxygen atoms in total. The number of amides is 1. The van der Waals surface area contributed by atoms with E-state index in [9.17, 15) is 4.79 Å². The lowest BCUT2D eigenvalue weighted by Gasteiger charge is -2.34. The summed E-state index contributed by atoms with van der Waals surface area (Å²) in [5, 5.41) is 5.01. The van der Waals surface area contributed by atoms with Crippen LogP contribution in [0.4, 0.5) is 0 Å². The van der Waals surface area contributed by atoms with Gasteiger partial charge in [0.1, 0.15) is 5.69 Å². The molecule has 2 heterocycles. The van der Waals surface area contributed by atoms with Crippen LogP contribution >= 0.6 is 11.6 Å². The van der Waals surface area contributed by atoms with E-state index in [0.29, 0.717) is 5.69 Å². The number of carbonyl (C=O) groups excluding carboxylic acids is 1. The Balaban J connectivity index is 1.57. The first-order valence-electron chi connectivity index (χ1n) is 7.79. The number of piperazine rings is 1. The van der Waals surface area contributed by atoms with Gasteiger partial charge in [0, 0.05) is 44.8 Å². The molecule has 0 radical (unpaired) electrons. The number of nitrogens with zero attached hydrogens (tertiary/aromatic N) is 4. The summed E-state index contributed by atoms with van der Waals surface area (Å²) < 4.78 is 1.66. The minimum atomic E-state index is 0.0687. The smallest absolute Gasteiger partial charge is 0.272 e. The summed E-state index contributed by atoms with van der Waals surface area (Å²) in [4.78, 5) is 16.8. The molecule has 3 rings (SSSR count). The molecular weight excluding hydrogens is 312 g/mol. The van der Waals surface area contributed by atoms with Crippen LogP contribution in [0.25, 0.3) is 0 Å². The molecule has 0 unspecified atom stereocenters. The number of aromatic nitrogens is 2. The van der Waals surface area contributed by atoms with E-state index in [1.165, 1.54) is 5.56 Å². The van der Waals surface area contributed by atoms with Gasteiger partial charge in [-0.3, -0.25) is 14.4 Å². The summed E-state index contributed by atoms with van der Waals surface area (Å²) in [7, 11) is 1.82. The van der Waals surface area contributed by atoms with Gasteiger partial charge in [0.2, 0.25) is 0 Å². The zero-order chi connectivity index (χ0) is 16.4. The van der Waals surface area contributed by atoms with E-state index in [2.05, 4.69) is 22.1 Å². The van der Waals surface area contributed by atoms with Crippen molar-refractivity contribution in [1.29, 1.82) is 0 Å². The van der Waals surface area contributed by atoms with E-state index in [1.807, 2.05) is 37.1 Å². The second kappa shape index (κ2) is 6.72. The third-order valence-electron chi connectivity index (χ3n) is 4.20. The van der Waals surface area contributed by atoms with Gasteiger partial charge < -0.3 is 4.90 Å². The summed E-state index contributed by atoms with van der Waals surface area (Å²) in [6.07, 6.45) is 0. The van der Waals surface area contributed by atoms with Crippen molar-refractivity contribution in [3.05, 3.63) is 52.3 Å². The molecule has 0 spiro atoms. The van der Waals surface area contributed by atoms with Crippen LogP contribution in [0, 0.1) is 6.92 Å². The standard InChI is InChI=1S/C17H21ClN4O/c1-13-11-16(20(2)19-13)17(23)22-9-7-21(8-10-22)12-14-3-5-15(18)6-4-14/h3-6,11H,7-10,12H2,1-2H3. The van der Waals surface area contributed by atoms with Gasteiger partial charge in [-0.2, -0.15) is 5.10 Å². The molecule has 6 heteroatoms. The molecule has 1 amide bonds. The number of rotatable bonds is 3. The molecule has 23 heavy (non-hydrogen) atoms. The van der Waals surface area contributed by atoms with Crippen LogP contribution in [0.5, 0.6) is 0 Å². The van der Waals surface area contributed by atoms with Gasteiger partial charge in [-0.25, -0.2) is 0 Å². The molecule has 1 aromatic heterocycles. The number of carbonyl (C=O) groups is 1. The lowest BCUT2D eigenvalue weighted by molar-refractivity contribution is 0.0618. The molecule has 0 atom stereocenters. The van der Waals surface area contributed by atoms with Gasteiger partial charge >= 0.3 is 0 Å². The monoisotopic (exact) mass is 332 g/mol. The Kier molecular flexibility index (Phi) is 4.68. The first-order valence-corrected chi connectivity index (χ1v) is 8.17. The minimum Gasteiger partial charge on any atom is -0.335 e. The summed E-state index contributed by atoms with van der Waals surface area (Å²) >= 11 is 5.92. The highest BCUT2D eigenvalue weighted by atomic mass is 35.5. The van der Waals surface area contributed by atoms with Crippen molar-refractivity contribution < 1.29 is 4.79 Å². The average molecular weight is 333 g/mol. The minimum absolute atomic E-state index is 0.0687. The topological polar surface area (TPSA) is 41.4 Å². The Labute approximate surface area is 141 Å². The molecule has 1 saturated heterocycles. The molecule has 2 aromatic rings. The largest absolute Gasteiger partial charge is 0.335 e. The summed E-state index contributed by atoms with van der Waals surface area (Å²) in [5.74, 6) is 0.0687. The van der Waals surface area contributed by atoms with E-state index >= 15 is 0 Å². The van der Waals surface area contributed by atoms with Gasteiger partial charge in [-0.05, 0) is 30.7 Å². The van der Waals surface area contributed by atoms with E-state index in [-0.39, 0.29) is 5.91 Å². The predicted molar refractivity (Wildman–Crippen MR) is 90.6 cm³/mol. The number of aryl methyl sites for hydroxylation is 2. The zero-order valence-corrected chi connectivity index (χ0v) is 14.3. The first kappa shape index (κ1) is 16.0. The molecule has 0 N–H and O–H groups in total. The van der Waals surface area contributed by atoms with Crippen LogP contribution < -0.4 is 0 Å². The van der Waals surface area contributed by atoms with Crippen LogP contribution in [0.2, 0.25) is 5.02 Å². The number of benzene rings is 1. The molecule has 1 fully saturated rings. The maximum absolute atomic E-state index is 12.6. The number of halogens is 1. The molecular formula is C17H21ClN4O. The van der Waals surface area contributed by atoms with E-state index < -0.39 is 0 Å². The lowest BCUT2D eigenvalue weighted by atomic mass is 10.2. The normalized spacial score (nSPS) is 15.9. The fourth-order valence-corrected chi connectivity index (χ4v) is 3.06. The average Bonchev–Trinajstić information content (AvgIpc) is 2.88. The Morgan fingerprint density at radius 3 is 2.39 bits per heavy atom. The Bertz CT molecular complexity index is 687. The zero-order valence-electron chi connectivity index (χ0n) is 13.5. The third kappa shape index (κ3) is 3.74. The van der Waals surface area contributed by atoms with Crippen molar-refractivity contribution in [1.82, 2.24) is 19.6 Å². The second-order valence-corrected chi connectivity index (χ2v) is 6.43. The Morgan fingerprint density at radius 1 is 1.17 bits per heavy atom. The van der Waals surface area contributed by atoms with Crippen molar-refractivity contribution in [2.24, 2.45) is 7.05 Å². The van der Waals surface area contributed by atoms with Gasteiger partial charge in [0.15, 0.2) is 0 Å². The maximum atomic E-state index is 12.6. The van der Waals surface area contributed by atoms with E-state index in [1.54, 1.807) is 4.68 Å². The van der Waals surface area contributed by atoms with Crippen LogP contribution in [0.1, 0.15) is 21.7 Å². The van der Waals surface area contributed by atoms with Crippen molar-refractivity contribution in [2.45, 2.75) is 13.5 Å². The highest BCUT2D eigenvalue weighted by Gasteiger charge is 2.24. The molecule has 0 bridgehead atoms. The Morgan fingerprint density at radius 2 is 1.83 bits per heavy atom. The second-order valence-electron chi connectivity index (χ2n) is 5.99. The molecule has 1 aliphatic heterocycles. The number of hydrogen-bond acceptors (Lipinski definition) is 3. The van der Waals surface area contributed by atoms with E-state index in [0.717, 1.165) is 43.4 Å². The SMILES string of the molecule is Cc1cc(C(=O)N2CCN(Cc3ccc(Cl)cc3)CC2)n(C)n1.